The van der Waals surface area contributed by atoms with Crippen LogP contribution in [0.1, 0.15) is 23.6 Å². The Morgan fingerprint density at radius 3 is 2.17 bits per heavy atom. The summed E-state index contributed by atoms with van der Waals surface area (Å²) in [5, 5.41) is 2.64. The number of benzene rings is 2. The van der Waals surface area contributed by atoms with Crippen LogP contribution in [-0.4, -0.2) is 46.4 Å². The van der Waals surface area contributed by atoms with Gasteiger partial charge in [-0.15, -0.1) is 0 Å². The van der Waals surface area contributed by atoms with E-state index in [-0.39, 0.29) is 17.2 Å². The first-order chi connectivity index (χ1) is 13.9. The summed E-state index contributed by atoms with van der Waals surface area (Å²) in [6, 6.07) is 9.55. The predicted molar refractivity (Wildman–Crippen MR) is 119 cm³/mol. The highest BCUT2D eigenvalue weighted by atomic mass is 32.2. The van der Waals surface area contributed by atoms with E-state index in [9.17, 15) is 21.6 Å². The number of carbonyl (C=O) groups is 1. The van der Waals surface area contributed by atoms with Gasteiger partial charge in [0.1, 0.15) is 0 Å². The van der Waals surface area contributed by atoms with E-state index < -0.39 is 26.0 Å². The highest BCUT2D eigenvalue weighted by molar-refractivity contribution is 7.92. The first kappa shape index (κ1) is 23.8. The average molecular weight is 454 g/mol. The van der Waals surface area contributed by atoms with Gasteiger partial charge in [0, 0.05) is 12.7 Å². The number of nitrogens with zero attached hydrogens (tertiary/aromatic N) is 1. The lowest BCUT2D eigenvalue weighted by molar-refractivity contribution is -0.116. The second-order valence-corrected chi connectivity index (χ2v) is 11.1. The first-order valence-electron chi connectivity index (χ1n) is 9.30. The molecule has 164 valence electrons. The Morgan fingerprint density at radius 2 is 1.60 bits per heavy atom. The van der Waals surface area contributed by atoms with Crippen molar-refractivity contribution in [3.63, 3.8) is 0 Å². The summed E-state index contributed by atoms with van der Waals surface area (Å²) in [5.74, 6) is -0.558. The summed E-state index contributed by atoms with van der Waals surface area (Å²) in [7, 11) is -5.87. The van der Waals surface area contributed by atoms with Crippen molar-refractivity contribution in [2.75, 3.05) is 29.4 Å². The van der Waals surface area contributed by atoms with Gasteiger partial charge in [-0.3, -0.25) is 9.52 Å². The minimum absolute atomic E-state index is 0.0494. The molecule has 0 aliphatic rings. The van der Waals surface area contributed by atoms with Gasteiger partial charge in [0.2, 0.25) is 26.0 Å². The van der Waals surface area contributed by atoms with E-state index in [0.29, 0.717) is 16.9 Å². The summed E-state index contributed by atoms with van der Waals surface area (Å²) in [6.07, 6.45) is 0. The van der Waals surface area contributed by atoms with Crippen molar-refractivity contribution in [3.05, 3.63) is 53.1 Å². The summed E-state index contributed by atoms with van der Waals surface area (Å²) in [5.41, 5.74) is 3.32. The minimum atomic E-state index is -3.81. The highest BCUT2D eigenvalue weighted by Crippen LogP contribution is 2.22. The van der Waals surface area contributed by atoms with Gasteiger partial charge in [0.25, 0.3) is 0 Å². The van der Waals surface area contributed by atoms with Gasteiger partial charge >= 0.3 is 0 Å². The Labute approximate surface area is 178 Å². The first-order valence-corrected chi connectivity index (χ1v) is 12.4. The molecule has 0 unspecified atom stereocenters. The Kier molecular flexibility index (Phi) is 7.27. The maximum Gasteiger partial charge on any atom is 0.243 e. The van der Waals surface area contributed by atoms with E-state index in [4.69, 9.17) is 0 Å². The van der Waals surface area contributed by atoms with Gasteiger partial charge < -0.3 is 5.32 Å². The van der Waals surface area contributed by atoms with Crippen molar-refractivity contribution < 1.29 is 21.6 Å². The number of aryl methyl sites for hydroxylation is 3. The van der Waals surface area contributed by atoms with Crippen molar-refractivity contribution >= 4 is 37.3 Å². The topological polar surface area (TPSA) is 113 Å². The molecule has 0 atom stereocenters. The number of amides is 1. The van der Waals surface area contributed by atoms with Crippen LogP contribution in [0.4, 0.5) is 11.4 Å². The number of sulfonamides is 2. The molecule has 0 spiro atoms. The zero-order valence-electron chi connectivity index (χ0n) is 17.7. The molecular formula is C20H27N3O5S2. The predicted octanol–water partition coefficient (Wildman–Crippen LogP) is 2.63. The van der Waals surface area contributed by atoms with Crippen LogP contribution in [0.15, 0.2) is 41.3 Å². The Hall–Kier alpha value is -2.43. The van der Waals surface area contributed by atoms with Crippen LogP contribution in [0.2, 0.25) is 0 Å². The molecule has 0 fully saturated rings. The normalized spacial score (nSPS) is 12.1. The molecule has 2 aromatic carbocycles. The largest absolute Gasteiger partial charge is 0.325 e. The summed E-state index contributed by atoms with van der Waals surface area (Å²) in [6.45, 7) is 6.60. The lowest BCUT2D eigenvalue weighted by Gasteiger charge is -2.18. The minimum Gasteiger partial charge on any atom is -0.325 e. The molecule has 0 heterocycles. The maximum absolute atomic E-state index is 12.7. The molecule has 2 aromatic rings. The van der Waals surface area contributed by atoms with Crippen LogP contribution in [0, 0.1) is 20.8 Å². The SMILES string of the molecule is CCS(=O)(=O)Nc1ccc(NC(=O)CN(C)S(=O)(=O)c2ccc(C)c(C)c2)cc1C. The lowest BCUT2D eigenvalue weighted by Crippen LogP contribution is -2.35. The number of nitrogens with one attached hydrogen (secondary N) is 2. The van der Waals surface area contributed by atoms with Gasteiger partial charge in [-0.05, 0) is 74.7 Å². The van der Waals surface area contributed by atoms with Gasteiger partial charge in [0.15, 0.2) is 0 Å². The van der Waals surface area contributed by atoms with Crippen LogP contribution in [0.25, 0.3) is 0 Å². The smallest absolute Gasteiger partial charge is 0.243 e. The molecule has 10 heteroatoms. The molecule has 0 aliphatic carbocycles. The Balaban J connectivity index is 2.09. The molecule has 0 aliphatic heterocycles. The molecule has 8 nitrogen and oxygen atoms in total. The second kappa shape index (κ2) is 9.15. The zero-order chi connectivity index (χ0) is 22.7. The summed E-state index contributed by atoms with van der Waals surface area (Å²) >= 11 is 0. The van der Waals surface area contributed by atoms with Crippen molar-refractivity contribution in [2.45, 2.75) is 32.6 Å². The molecule has 2 rings (SSSR count). The lowest BCUT2D eigenvalue weighted by atomic mass is 10.1. The van der Waals surface area contributed by atoms with Gasteiger partial charge in [-0.1, -0.05) is 6.07 Å². The maximum atomic E-state index is 12.7. The number of anilines is 2. The van der Waals surface area contributed by atoms with Crippen molar-refractivity contribution in [1.29, 1.82) is 0 Å². The van der Waals surface area contributed by atoms with E-state index >= 15 is 0 Å². The number of likely N-dealkylation sites (N-methyl/N-ethyl adjacent to an activating group) is 1. The molecular weight excluding hydrogens is 426 g/mol. The van der Waals surface area contributed by atoms with Crippen LogP contribution < -0.4 is 10.0 Å². The number of hydrogen-bond acceptors (Lipinski definition) is 5. The molecule has 0 bridgehead atoms. The van der Waals surface area contributed by atoms with Crippen LogP contribution in [0.5, 0.6) is 0 Å². The molecule has 0 saturated carbocycles. The molecule has 0 radical (unpaired) electrons. The van der Waals surface area contributed by atoms with Crippen molar-refractivity contribution in [3.8, 4) is 0 Å². The zero-order valence-corrected chi connectivity index (χ0v) is 19.3. The highest BCUT2D eigenvalue weighted by Gasteiger charge is 2.23. The number of hydrogen-bond donors (Lipinski definition) is 2. The average Bonchev–Trinajstić information content (AvgIpc) is 2.65. The fourth-order valence-corrected chi connectivity index (χ4v) is 4.56. The van der Waals surface area contributed by atoms with E-state index in [1.54, 1.807) is 37.3 Å². The quantitative estimate of drug-likeness (QED) is 0.638. The number of rotatable bonds is 8. The van der Waals surface area contributed by atoms with E-state index in [0.717, 1.165) is 15.4 Å². The third-order valence-electron chi connectivity index (χ3n) is 4.71. The van der Waals surface area contributed by atoms with Crippen molar-refractivity contribution in [2.24, 2.45) is 0 Å². The van der Waals surface area contributed by atoms with E-state index in [2.05, 4.69) is 10.0 Å². The van der Waals surface area contributed by atoms with Gasteiger partial charge in [0.05, 0.1) is 22.9 Å². The monoisotopic (exact) mass is 453 g/mol. The fourth-order valence-electron chi connectivity index (χ4n) is 2.64. The van der Waals surface area contributed by atoms with Crippen molar-refractivity contribution in [1.82, 2.24) is 4.31 Å². The molecule has 0 saturated heterocycles. The van der Waals surface area contributed by atoms with E-state index in [1.165, 1.54) is 20.0 Å². The van der Waals surface area contributed by atoms with Gasteiger partial charge in [-0.25, -0.2) is 16.8 Å². The van der Waals surface area contributed by atoms with Crippen LogP contribution in [-0.2, 0) is 24.8 Å². The van der Waals surface area contributed by atoms with Crippen LogP contribution >= 0.6 is 0 Å². The Morgan fingerprint density at radius 1 is 0.933 bits per heavy atom. The molecule has 2 N–H and O–H groups in total. The summed E-state index contributed by atoms with van der Waals surface area (Å²) < 4.78 is 52.3. The summed E-state index contributed by atoms with van der Waals surface area (Å²) in [4.78, 5) is 12.5. The van der Waals surface area contributed by atoms with E-state index in [1.807, 2.05) is 13.8 Å². The number of carbonyl (C=O) groups excluding carboxylic acids is 1. The third-order valence-corrected chi connectivity index (χ3v) is 7.80. The molecule has 30 heavy (non-hydrogen) atoms. The third kappa shape index (κ3) is 5.80. The standard InChI is InChI=1S/C20H27N3O5S2/c1-6-29(25,26)22-19-10-8-17(11-16(19)4)21-20(24)13-23(5)30(27,28)18-9-7-14(2)15(3)12-18/h7-12,22H,6,13H2,1-5H3,(H,21,24). The van der Waals surface area contributed by atoms with Crippen LogP contribution in [0.3, 0.4) is 0 Å². The second-order valence-electron chi connectivity index (χ2n) is 7.09. The molecule has 1 amide bonds. The van der Waals surface area contributed by atoms with Gasteiger partial charge in [-0.2, -0.15) is 4.31 Å². The Bertz CT molecular complexity index is 1160. The fraction of sp³-hybridized carbons (Fsp3) is 0.350. The molecule has 0 aromatic heterocycles.